The molecule has 0 spiro atoms. The van der Waals surface area contributed by atoms with Crippen molar-refractivity contribution in [3.63, 3.8) is 0 Å². The van der Waals surface area contributed by atoms with Crippen molar-refractivity contribution in [2.45, 2.75) is 65.2 Å². The number of benzene rings is 4. The number of rotatable bonds is 8. The summed E-state index contributed by atoms with van der Waals surface area (Å²) in [5.41, 5.74) is 10.9. The average molecular weight is 600 g/mol. The first-order chi connectivity index (χ1) is 22.6. The maximum Gasteiger partial charge on any atom is 0.0543 e. The van der Waals surface area contributed by atoms with Crippen molar-refractivity contribution in [1.29, 1.82) is 0 Å². The molecule has 46 heavy (non-hydrogen) atoms. The molecule has 0 N–H and O–H groups in total. The first-order valence-corrected chi connectivity index (χ1v) is 17.2. The van der Waals surface area contributed by atoms with E-state index in [2.05, 4.69) is 159 Å². The molecule has 0 heterocycles. The molecular formula is C45H45N. The molecule has 4 aromatic carbocycles. The lowest BCUT2D eigenvalue weighted by molar-refractivity contribution is 0.725. The van der Waals surface area contributed by atoms with Crippen LogP contribution in [0.2, 0.25) is 0 Å². The van der Waals surface area contributed by atoms with E-state index in [4.69, 9.17) is 0 Å². The Balaban J connectivity index is 1.34. The van der Waals surface area contributed by atoms with Crippen LogP contribution in [0.5, 0.6) is 0 Å². The van der Waals surface area contributed by atoms with Crippen molar-refractivity contribution in [3.05, 3.63) is 161 Å². The van der Waals surface area contributed by atoms with Gasteiger partial charge in [0.2, 0.25) is 0 Å². The van der Waals surface area contributed by atoms with Crippen LogP contribution in [0.25, 0.3) is 33.7 Å². The molecule has 0 saturated heterocycles. The zero-order valence-electron chi connectivity index (χ0n) is 27.5. The average Bonchev–Trinajstić information content (AvgIpc) is 3.11. The second kappa shape index (κ2) is 13.4. The zero-order valence-corrected chi connectivity index (χ0v) is 27.5. The summed E-state index contributed by atoms with van der Waals surface area (Å²) >= 11 is 0. The molecule has 1 nitrogen and oxygen atoms in total. The summed E-state index contributed by atoms with van der Waals surface area (Å²) in [7, 11) is 0. The van der Waals surface area contributed by atoms with Gasteiger partial charge in [-0.05, 0) is 120 Å². The van der Waals surface area contributed by atoms with E-state index in [-0.39, 0.29) is 0 Å². The van der Waals surface area contributed by atoms with Gasteiger partial charge in [-0.25, -0.2) is 0 Å². The SMILES string of the molecule is CC(/C=C\c1ccccc1)=C/CC(C)c1cc2c(cc(N(C3=CCC(C)C=C3)C3=CC=CCC3)c3ccccc32)c2c1C=CCC2. The summed E-state index contributed by atoms with van der Waals surface area (Å²) in [6, 6.07) is 24.7. The van der Waals surface area contributed by atoms with Crippen LogP contribution in [0, 0.1) is 5.92 Å². The molecule has 4 aromatic rings. The fraction of sp³-hybridized carbons (Fsp3) is 0.244. The van der Waals surface area contributed by atoms with Gasteiger partial charge in [-0.3, -0.25) is 0 Å². The molecule has 0 amide bonds. The van der Waals surface area contributed by atoms with Crippen LogP contribution in [0.3, 0.4) is 0 Å². The molecule has 3 aliphatic rings. The Bertz CT molecular complexity index is 1970. The second-order valence-corrected chi connectivity index (χ2v) is 13.3. The van der Waals surface area contributed by atoms with Crippen LogP contribution in [-0.4, -0.2) is 0 Å². The largest absolute Gasteiger partial charge is 0.314 e. The highest BCUT2D eigenvalue weighted by Crippen LogP contribution is 2.44. The summed E-state index contributed by atoms with van der Waals surface area (Å²) in [5.74, 6) is 0.992. The highest BCUT2D eigenvalue weighted by Gasteiger charge is 2.24. The van der Waals surface area contributed by atoms with Gasteiger partial charge in [0.25, 0.3) is 0 Å². The number of aryl methyl sites for hydroxylation is 1. The van der Waals surface area contributed by atoms with Crippen LogP contribution in [-0.2, 0) is 6.42 Å². The van der Waals surface area contributed by atoms with Crippen LogP contribution >= 0.6 is 0 Å². The van der Waals surface area contributed by atoms with E-state index in [9.17, 15) is 0 Å². The molecule has 0 fully saturated rings. The van der Waals surface area contributed by atoms with E-state index >= 15 is 0 Å². The third kappa shape index (κ3) is 6.12. The number of fused-ring (bicyclic) bond motifs is 5. The molecule has 2 atom stereocenters. The minimum Gasteiger partial charge on any atom is -0.314 e. The summed E-state index contributed by atoms with van der Waals surface area (Å²) in [4.78, 5) is 2.56. The summed E-state index contributed by atoms with van der Waals surface area (Å²) in [6.45, 7) is 6.93. The third-order valence-electron chi connectivity index (χ3n) is 9.91. The van der Waals surface area contributed by atoms with Gasteiger partial charge in [-0.2, -0.15) is 0 Å². The molecule has 0 bridgehead atoms. The second-order valence-electron chi connectivity index (χ2n) is 13.3. The number of nitrogens with zero attached hydrogens (tertiary/aromatic N) is 1. The van der Waals surface area contributed by atoms with E-state index in [1.165, 1.54) is 66.5 Å². The topological polar surface area (TPSA) is 3.24 Å². The van der Waals surface area contributed by atoms with E-state index in [1.807, 2.05) is 0 Å². The van der Waals surface area contributed by atoms with E-state index in [0.29, 0.717) is 11.8 Å². The zero-order chi connectivity index (χ0) is 31.5. The minimum absolute atomic E-state index is 0.412. The first-order valence-electron chi connectivity index (χ1n) is 17.2. The molecule has 3 aliphatic carbocycles. The summed E-state index contributed by atoms with van der Waals surface area (Å²) in [5, 5.41) is 5.47. The number of hydrogen-bond donors (Lipinski definition) is 0. The fourth-order valence-electron chi connectivity index (χ4n) is 7.29. The highest BCUT2D eigenvalue weighted by atomic mass is 15.2. The lowest BCUT2D eigenvalue weighted by atomic mass is 9.81. The van der Waals surface area contributed by atoms with Crippen molar-refractivity contribution in [2.24, 2.45) is 5.92 Å². The van der Waals surface area contributed by atoms with Crippen molar-refractivity contribution < 1.29 is 0 Å². The van der Waals surface area contributed by atoms with Gasteiger partial charge in [0, 0.05) is 16.8 Å². The summed E-state index contributed by atoms with van der Waals surface area (Å²) in [6.07, 6.45) is 32.1. The van der Waals surface area contributed by atoms with Crippen molar-refractivity contribution in [3.8, 4) is 0 Å². The Morgan fingerprint density at radius 1 is 0.891 bits per heavy atom. The fourth-order valence-corrected chi connectivity index (χ4v) is 7.29. The maximum atomic E-state index is 2.56. The van der Waals surface area contributed by atoms with E-state index in [1.54, 1.807) is 0 Å². The molecule has 230 valence electrons. The Kier molecular flexibility index (Phi) is 8.75. The number of anilines is 1. The van der Waals surface area contributed by atoms with Crippen LogP contribution in [0.15, 0.2) is 138 Å². The highest BCUT2D eigenvalue weighted by molar-refractivity contribution is 6.15. The minimum atomic E-state index is 0.412. The first kappa shape index (κ1) is 30.1. The van der Waals surface area contributed by atoms with Crippen LogP contribution in [0.1, 0.15) is 81.0 Å². The Hall–Kier alpha value is -4.62. The predicted molar refractivity (Wildman–Crippen MR) is 201 cm³/mol. The van der Waals surface area contributed by atoms with Gasteiger partial charge >= 0.3 is 0 Å². The molecule has 7 rings (SSSR count). The third-order valence-corrected chi connectivity index (χ3v) is 9.91. The number of allylic oxidation sites excluding steroid dienone is 11. The molecule has 0 saturated carbocycles. The Morgan fingerprint density at radius 2 is 1.70 bits per heavy atom. The van der Waals surface area contributed by atoms with Gasteiger partial charge in [-0.1, -0.05) is 129 Å². The van der Waals surface area contributed by atoms with Gasteiger partial charge in [-0.15, -0.1) is 0 Å². The Labute approximate surface area is 275 Å². The molecular weight excluding hydrogens is 555 g/mol. The number of hydrogen-bond acceptors (Lipinski definition) is 1. The molecule has 1 heteroatoms. The Morgan fingerprint density at radius 3 is 2.48 bits per heavy atom. The van der Waals surface area contributed by atoms with Crippen molar-refractivity contribution in [2.75, 3.05) is 4.90 Å². The van der Waals surface area contributed by atoms with E-state index < -0.39 is 0 Å². The van der Waals surface area contributed by atoms with Crippen molar-refractivity contribution in [1.82, 2.24) is 0 Å². The van der Waals surface area contributed by atoms with Crippen molar-refractivity contribution >= 4 is 39.4 Å². The molecule has 0 radical (unpaired) electrons. The van der Waals surface area contributed by atoms with Gasteiger partial charge in [0.1, 0.15) is 0 Å². The van der Waals surface area contributed by atoms with Crippen LogP contribution < -0.4 is 4.90 Å². The predicted octanol–water partition coefficient (Wildman–Crippen LogP) is 12.6. The maximum absolute atomic E-state index is 2.56. The van der Waals surface area contributed by atoms with Gasteiger partial charge in [0.15, 0.2) is 0 Å². The van der Waals surface area contributed by atoms with Gasteiger partial charge < -0.3 is 4.90 Å². The molecule has 0 aliphatic heterocycles. The lowest BCUT2D eigenvalue weighted by Crippen LogP contribution is -2.23. The monoisotopic (exact) mass is 599 g/mol. The van der Waals surface area contributed by atoms with Crippen LogP contribution in [0.4, 0.5) is 5.69 Å². The lowest BCUT2D eigenvalue weighted by Gasteiger charge is -2.33. The van der Waals surface area contributed by atoms with E-state index in [0.717, 1.165) is 38.5 Å². The summed E-state index contributed by atoms with van der Waals surface area (Å²) < 4.78 is 0. The molecule has 2 unspecified atom stereocenters. The quantitative estimate of drug-likeness (QED) is 0.144. The molecule has 0 aromatic heterocycles. The normalized spacial score (nSPS) is 18.6. The standard InChI is InChI=1S/C45H45N/c1-32(23-27-35-14-6-4-7-15-35)22-26-34(3)42-30-43-40-20-12-13-21-41(40)45(31-44(43)39-19-11-10-18-38(39)42)46(36-16-8-5-9-17-36)37-28-24-33(2)25-29-37/h4-8,10,12-16,18,20-24,27-31,33-34H,9,11,17,19,25-26H2,1-3H3/b27-23-,32-22-. The van der Waals surface area contributed by atoms with Gasteiger partial charge in [0.05, 0.1) is 5.69 Å². The smallest absolute Gasteiger partial charge is 0.0543 e.